The minimum Gasteiger partial charge on any atom is -0.396 e. The Hall–Kier alpha value is -0.830. The third kappa shape index (κ3) is 1.60. The fourth-order valence-electron chi connectivity index (χ4n) is 0.751. The molecule has 2 N–H and O–H groups in total. The molecule has 0 aromatic carbocycles. The van der Waals surface area contributed by atoms with Gasteiger partial charge in [-0.25, -0.2) is 9.37 Å². The molecular formula is C7H8ClFN2. The first kappa shape index (κ1) is 8.27. The van der Waals surface area contributed by atoms with E-state index in [1.54, 1.807) is 0 Å². The SMILES string of the molecule is CCc1cc(N)c(F)c(Cl)n1. The van der Waals surface area contributed by atoms with Crippen LogP contribution in [-0.4, -0.2) is 4.98 Å². The van der Waals surface area contributed by atoms with Crippen LogP contribution in [0.15, 0.2) is 6.07 Å². The van der Waals surface area contributed by atoms with E-state index in [0.717, 1.165) is 0 Å². The van der Waals surface area contributed by atoms with E-state index in [1.807, 2.05) is 6.92 Å². The van der Waals surface area contributed by atoms with E-state index in [2.05, 4.69) is 4.98 Å². The van der Waals surface area contributed by atoms with Crippen LogP contribution in [0.5, 0.6) is 0 Å². The third-order valence-electron chi connectivity index (χ3n) is 1.36. The number of halogens is 2. The van der Waals surface area contributed by atoms with Crippen LogP contribution < -0.4 is 5.73 Å². The third-order valence-corrected chi connectivity index (χ3v) is 1.61. The number of hydrogen-bond acceptors (Lipinski definition) is 2. The highest BCUT2D eigenvalue weighted by Gasteiger charge is 2.06. The Morgan fingerprint density at radius 2 is 2.36 bits per heavy atom. The molecule has 11 heavy (non-hydrogen) atoms. The van der Waals surface area contributed by atoms with Crippen molar-refractivity contribution < 1.29 is 4.39 Å². The zero-order valence-electron chi connectivity index (χ0n) is 6.06. The van der Waals surface area contributed by atoms with E-state index < -0.39 is 5.82 Å². The van der Waals surface area contributed by atoms with Crippen molar-refractivity contribution in [1.82, 2.24) is 4.98 Å². The molecule has 0 radical (unpaired) electrons. The molecule has 0 atom stereocenters. The molecule has 0 fully saturated rings. The van der Waals surface area contributed by atoms with Gasteiger partial charge in [0.1, 0.15) is 0 Å². The van der Waals surface area contributed by atoms with Gasteiger partial charge in [-0.1, -0.05) is 18.5 Å². The van der Waals surface area contributed by atoms with Gasteiger partial charge in [-0.15, -0.1) is 0 Å². The van der Waals surface area contributed by atoms with Crippen molar-refractivity contribution in [2.24, 2.45) is 0 Å². The first-order valence-corrected chi connectivity index (χ1v) is 3.63. The molecule has 0 aliphatic carbocycles. The van der Waals surface area contributed by atoms with Gasteiger partial charge in [-0.3, -0.25) is 0 Å². The number of nitrogens with two attached hydrogens (primary N) is 1. The van der Waals surface area contributed by atoms with Gasteiger partial charge < -0.3 is 5.73 Å². The first-order valence-electron chi connectivity index (χ1n) is 3.25. The van der Waals surface area contributed by atoms with E-state index in [4.69, 9.17) is 17.3 Å². The number of hydrogen-bond donors (Lipinski definition) is 1. The van der Waals surface area contributed by atoms with E-state index in [1.165, 1.54) is 6.07 Å². The molecule has 1 rings (SSSR count). The lowest BCUT2D eigenvalue weighted by Gasteiger charge is -2.00. The van der Waals surface area contributed by atoms with Gasteiger partial charge in [-0.2, -0.15) is 0 Å². The Kier molecular flexibility index (Phi) is 2.29. The molecule has 0 amide bonds. The zero-order chi connectivity index (χ0) is 8.43. The highest BCUT2D eigenvalue weighted by atomic mass is 35.5. The van der Waals surface area contributed by atoms with Crippen molar-refractivity contribution >= 4 is 17.3 Å². The molecule has 0 aliphatic rings. The molecule has 0 aliphatic heterocycles. The fraction of sp³-hybridized carbons (Fsp3) is 0.286. The summed E-state index contributed by atoms with van der Waals surface area (Å²) in [4.78, 5) is 3.76. The molecule has 0 bridgehead atoms. The highest BCUT2D eigenvalue weighted by Crippen LogP contribution is 2.18. The summed E-state index contributed by atoms with van der Waals surface area (Å²) in [7, 11) is 0. The number of nitrogen functional groups attached to an aromatic ring is 1. The van der Waals surface area contributed by atoms with Gasteiger partial charge in [0, 0.05) is 5.69 Å². The average molecular weight is 175 g/mol. The van der Waals surface area contributed by atoms with E-state index in [-0.39, 0.29) is 10.8 Å². The van der Waals surface area contributed by atoms with Crippen LogP contribution in [0.25, 0.3) is 0 Å². The summed E-state index contributed by atoms with van der Waals surface area (Å²) in [6.07, 6.45) is 0.699. The van der Waals surface area contributed by atoms with Gasteiger partial charge in [-0.05, 0) is 12.5 Å². The Labute approximate surface area is 69.2 Å². The quantitative estimate of drug-likeness (QED) is 0.662. The second kappa shape index (κ2) is 3.05. The second-order valence-electron chi connectivity index (χ2n) is 2.16. The summed E-state index contributed by atoms with van der Waals surface area (Å²) < 4.78 is 12.7. The molecule has 1 aromatic heterocycles. The van der Waals surface area contributed by atoms with Crippen molar-refractivity contribution in [3.63, 3.8) is 0 Å². The molecular weight excluding hydrogens is 167 g/mol. The van der Waals surface area contributed by atoms with Crippen molar-refractivity contribution in [3.8, 4) is 0 Å². The van der Waals surface area contributed by atoms with Crippen LogP contribution in [0, 0.1) is 5.82 Å². The molecule has 0 unspecified atom stereocenters. The zero-order valence-corrected chi connectivity index (χ0v) is 6.82. The number of nitrogens with zero attached hydrogens (tertiary/aromatic N) is 1. The normalized spacial score (nSPS) is 10.1. The summed E-state index contributed by atoms with van der Waals surface area (Å²) in [6, 6.07) is 1.49. The van der Waals surface area contributed by atoms with Crippen LogP contribution in [0.4, 0.5) is 10.1 Å². The van der Waals surface area contributed by atoms with Crippen LogP contribution in [0.1, 0.15) is 12.6 Å². The Balaban J connectivity index is 3.21. The Bertz CT molecular complexity index is 252. The molecule has 0 saturated carbocycles. The molecule has 0 spiro atoms. The van der Waals surface area contributed by atoms with Crippen molar-refractivity contribution in [3.05, 3.63) is 22.7 Å². The number of pyridine rings is 1. The lowest BCUT2D eigenvalue weighted by Crippen LogP contribution is -1.97. The maximum Gasteiger partial charge on any atom is 0.183 e. The molecule has 0 saturated heterocycles. The van der Waals surface area contributed by atoms with Crippen LogP contribution >= 0.6 is 11.6 Å². The largest absolute Gasteiger partial charge is 0.396 e. The number of rotatable bonds is 1. The molecule has 1 heterocycles. The van der Waals surface area contributed by atoms with Crippen LogP contribution in [0.2, 0.25) is 5.15 Å². The molecule has 60 valence electrons. The monoisotopic (exact) mass is 174 g/mol. The lowest BCUT2D eigenvalue weighted by atomic mass is 10.2. The maximum absolute atomic E-state index is 12.7. The molecule has 2 nitrogen and oxygen atoms in total. The van der Waals surface area contributed by atoms with Gasteiger partial charge in [0.15, 0.2) is 11.0 Å². The predicted octanol–water partition coefficient (Wildman–Crippen LogP) is 2.02. The lowest BCUT2D eigenvalue weighted by molar-refractivity contribution is 0.625. The summed E-state index contributed by atoms with van der Waals surface area (Å²) in [5.41, 5.74) is 6.06. The Morgan fingerprint density at radius 1 is 1.73 bits per heavy atom. The van der Waals surface area contributed by atoms with Gasteiger partial charge in [0.2, 0.25) is 0 Å². The van der Waals surface area contributed by atoms with Gasteiger partial charge in [0.25, 0.3) is 0 Å². The number of anilines is 1. The van der Waals surface area contributed by atoms with E-state index >= 15 is 0 Å². The van der Waals surface area contributed by atoms with E-state index in [9.17, 15) is 4.39 Å². The van der Waals surface area contributed by atoms with Crippen molar-refractivity contribution in [1.29, 1.82) is 0 Å². The summed E-state index contributed by atoms with van der Waals surface area (Å²) in [6.45, 7) is 1.90. The molecule has 4 heteroatoms. The average Bonchev–Trinajstić information content (AvgIpc) is 1.99. The second-order valence-corrected chi connectivity index (χ2v) is 2.52. The highest BCUT2D eigenvalue weighted by molar-refractivity contribution is 6.29. The number of aromatic nitrogens is 1. The Morgan fingerprint density at radius 3 is 2.82 bits per heavy atom. The predicted molar refractivity (Wildman–Crippen MR) is 43.0 cm³/mol. The minimum atomic E-state index is -0.635. The van der Waals surface area contributed by atoms with Crippen molar-refractivity contribution in [2.45, 2.75) is 13.3 Å². The van der Waals surface area contributed by atoms with Crippen molar-refractivity contribution in [2.75, 3.05) is 5.73 Å². The van der Waals surface area contributed by atoms with Crippen LogP contribution in [0.3, 0.4) is 0 Å². The maximum atomic E-state index is 12.7. The summed E-state index contributed by atoms with van der Waals surface area (Å²) >= 11 is 5.43. The summed E-state index contributed by atoms with van der Waals surface area (Å²) in [5, 5.41) is -0.151. The van der Waals surface area contributed by atoms with Gasteiger partial charge >= 0.3 is 0 Å². The number of aryl methyl sites for hydroxylation is 1. The fourth-order valence-corrected chi connectivity index (χ4v) is 0.968. The van der Waals surface area contributed by atoms with Gasteiger partial charge in [0.05, 0.1) is 5.69 Å². The first-order chi connectivity index (χ1) is 5.15. The molecule has 1 aromatic rings. The topological polar surface area (TPSA) is 38.9 Å². The smallest absolute Gasteiger partial charge is 0.183 e. The van der Waals surface area contributed by atoms with E-state index in [0.29, 0.717) is 12.1 Å². The minimum absolute atomic E-state index is 0.0573. The van der Waals surface area contributed by atoms with Crippen LogP contribution in [-0.2, 0) is 6.42 Å². The standard InChI is InChI=1S/C7H8ClFN2/c1-2-4-3-5(10)6(9)7(8)11-4/h3H,2H2,1H3,(H2,10,11). The summed E-state index contributed by atoms with van der Waals surface area (Å²) in [5.74, 6) is -0.635.